The lowest BCUT2D eigenvalue weighted by atomic mass is 10.3. The lowest BCUT2D eigenvalue weighted by molar-refractivity contribution is 0.375. The van der Waals surface area contributed by atoms with Crippen LogP contribution in [0.25, 0.3) is 0 Å². The third-order valence-corrected chi connectivity index (χ3v) is 4.04. The summed E-state index contributed by atoms with van der Waals surface area (Å²) in [6.45, 7) is 1.91. The van der Waals surface area contributed by atoms with Crippen LogP contribution in [0.3, 0.4) is 0 Å². The van der Waals surface area contributed by atoms with Gasteiger partial charge in [0.05, 0.1) is 25.0 Å². The van der Waals surface area contributed by atoms with Gasteiger partial charge in [-0.3, -0.25) is 4.21 Å². The molecule has 1 unspecified atom stereocenters. The van der Waals surface area contributed by atoms with Crippen LogP contribution in [0.5, 0.6) is 11.5 Å². The largest absolute Gasteiger partial charge is 0.495 e. The van der Waals surface area contributed by atoms with Gasteiger partial charge in [0, 0.05) is 6.42 Å². The summed E-state index contributed by atoms with van der Waals surface area (Å²) in [6.07, 6.45) is 0.650. The molecule has 0 amide bonds. The molecule has 20 heavy (non-hydrogen) atoms. The van der Waals surface area contributed by atoms with E-state index in [4.69, 9.17) is 13.9 Å². The van der Waals surface area contributed by atoms with Crippen molar-refractivity contribution in [3.8, 4) is 11.5 Å². The van der Waals surface area contributed by atoms with Gasteiger partial charge in [0.25, 0.3) is 0 Å². The van der Waals surface area contributed by atoms with Crippen molar-refractivity contribution in [2.24, 2.45) is 0 Å². The second-order valence-corrected chi connectivity index (χ2v) is 5.31. The summed E-state index contributed by atoms with van der Waals surface area (Å²) in [5.74, 6) is 2.02. The number of benzene rings is 1. The Labute approximate surface area is 119 Å². The van der Waals surface area contributed by atoms with Crippen molar-refractivity contribution in [3.05, 3.63) is 30.0 Å². The fraction of sp³-hybridized carbons (Fsp3) is 0.385. The van der Waals surface area contributed by atoms with Gasteiger partial charge >= 0.3 is 0 Å². The molecule has 1 heterocycles. The average molecular weight is 296 g/mol. The average Bonchev–Trinajstić information content (AvgIpc) is 2.93. The van der Waals surface area contributed by atoms with Gasteiger partial charge in [-0.2, -0.15) is 0 Å². The molecule has 0 saturated heterocycles. The summed E-state index contributed by atoms with van der Waals surface area (Å²) < 4.78 is 28.3. The van der Waals surface area contributed by atoms with Crippen LogP contribution < -0.4 is 9.47 Å². The van der Waals surface area contributed by atoms with Crippen molar-refractivity contribution < 1.29 is 18.1 Å². The summed E-state index contributed by atoms with van der Waals surface area (Å²) in [7, 11) is 1.66. The van der Waals surface area contributed by atoms with Crippen LogP contribution in [0.15, 0.2) is 27.5 Å². The second-order valence-electron chi connectivity index (χ2n) is 3.92. The minimum atomic E-state index is -1.39. The number of aromatic nitrogens is 2. The van der Waals surface area contributed by atoms with Crippen LogP contribution in [0, 0.1) is 0 Å². The predicted octanol–water partition coefficient (Wildman–Crippen LogP) is 1.96. The van der Waals surface area contributed by atoms with E-state index in [1.165, 1.54) is 14.2 Å². The maximum absolute atomic E-state index is 12.5. The Kier molecular flexibility index (Phi) is 4.73. The van der Waals surface area contributed by atoms with Crippen molar-refractivity contribution in [2.75, 3.05) is 14.2 Å². The molecular weight excluding hydrogens is 280 g/mol. The lowest BCUT2D eigenvalue weighted by Gasteiger charge is -2.11. The second kappa shape index (κ2) is 6.51. The number of aryl methyl sites for hydroxylation is 1. The number of nitrogens with zero attached hydrogens (tertiary/aromatic N) is 2. The molecule has 2 rings (SSSR count). The van der Waals surface area contributed by atoms with Crippen molar-refractivity contribution >= 4 is 10.8 Å². The van der Waals surface area contributed by atoms with Crippen molar-refractivity contribution in [1.82, 2.24) is 10.2 Å². The monoisotopic (exact) mass is 296 g/mol. The molecule has 7 heteroatoms. The van der Waals surface area contributed by atoms with Crippen LogP contribution >= 0.6 is 0 Å². The van der Waals surface area contributed by atoms with E-state index in [-0.39, 0.29) is 5.75 Å². The molecule has 0 bridgehead atoms. The van der Waals surface area contributed by atoms with Gasteiger partial charge in [-0.05, 0) is 12.1 Å². The zero-order valence-corrected chi connectivity index (χ0v) is 12.4. The minimum Gasteiger partial charge on any atom is -0.495 e. The smallest absolute Gasteiger partial charge is 0.229 e. The van der Waals surface area contributed by atoms with E-state index < -0.39 is 10.8 Å². The number of methoxy groups -OCH3 is 2. The molecule has 108 valence electrons. The summed E-state index contributed by atoms with van der Waals surface area (Å²) in [5.41, 5.74) is 0. The van der Waals surface area contributed by atoms with Crippen LogP contribution in [0.4, 0.5) is 0 Å². The van der Waals surface area contributed by atoms with Gasteiger partial charge < -0.3 is 13.9 Å². The molecule has 0 aliphatic rings. The van der Waals surface area contributed by atoms with Crippen LogP contribution in [0.1, 0.15) is 18.7 Å². The Hall–Kier alpha value is -1.89. The first-order valence-corrected chi connectivity index (χ1v) is 7.42. The highest BCUT2D eigenvalue weighted by atomic mass is 32.2. The molecule has 0 aliphatic heterocycles. The van der Waals surface area contributed by atoms with Crippen LogP contribution in [0.2, 0.25) is 0 Å². The van der Waals surface area contributed by atoms with Gasteiger partial charge in [-0.15, -0.1) is 10.2 Å². The molecule has 0 radical (unpaired) electrons. The van der Waals surface area contributed by atoms with E-state index in [0.29, 0.717) is 34.6 Å². The molecule has 1 aromatic carbocycles. The summed E-state index contributed by atoms with van der Waals surface area (Å²) >= 11 is 0. The zero-order valence-electron chi connectivity index (χ0n) is 11.6. The Morgan fingerprint density at radius 3 is 2.25 bits per heavy atom. The van der Waals surface area contributed by atoms with Gasteiger partial charge in [0.15, 0.2) is 0 Å². The Balaban J connectivity index is 2.28. The maximum atomic E-state index is 12.5. The molecule has 0 aliphatic carbocycles. The number of ether oxygens (including phenoxy) is 2. The molecule has 1 aromatic heterocycles. The highest BCUT2D eigenvalue weighted by Gasteiger charge is 2.19. The topological polar surface area (TPSA) is 74.5 Å². The summed E-state index contributed by atoms with van der Waals surface area (Å²) in [6, 6.07) is 5.25. The van der Waals surface area contributed by atoms with E-state index in [1.807, 2.05) is 6.92 Å². The van der Waals surface area contributed by atoms with Gasteiger partial charge in [0.1, 0.15) is 22.1 Å². The quantitative estimate of drug-likeness (QED) is 0.811. The zero-order chi connectivity index (χ0) is 14.5. The first-order valence-electron chi connectivity index (χ1n) is 6.10. The van der Waals surface area contributed by atoms with Gasteiger partial charge in [0.2, 0.25) is 11.8 Å². The van der Waals surface area contributed by atoms with E-state index in [0.717, 1.165) is 0 Å². The highest BCUT2D eigenvalue weighted by molar-refractivity contribution is 7.84. The molecule has 6 nitrogen and oxygen atoms in total. The van der Waals surface area contributed by atoms with Gasteiger partial charge in [-0.1, -0.05) is 13.0 Å². The molecule has 0 spiro atoms. The third kappa shape index (κ3) is 2.98. The van der Waals surface area contributed by atoms with E-state index in [1.54, 1.807) is 18.2 Å². The molecule has 0 saturated carbocycles. The van der Waals surface area contributed by atoms with Crippen molar-refractivity contribution in [3.63, 3.8) is 0 Å². The molecule has 2 aromatic rings. The Morgan fingerprint density at radius 2 is 1.75 bits per heavy atom. The SMILES string of the molecule is CCc1nnc(CS(=O)c2c(OC)cccc2OC)o1. The molecule has 0 N–H and O–H groups in total. The minimum absolute atomic E-state index is 0.129. The first-order chi connectivity index (χ1) is 9.69. The van der Waals surface area contributed by atoms with Crippen LogP contribution in [-0.4, -0.2) is 28.6 Å². The molecule has 0 fully saturated rings. The fourth-order valence-corrected chi connectivity index (χ4v) is 2.95. The fourth-order valence-electron chi connectivity index (χ4n) is 1.72. The summed E-state index contributed by atoms with van der Waals surface area (Å²) in [5, 5.41) is 7.73. The Morgan fingerprint density at radius 1 is 1.15 bits per heavy atom. The number of hydrogen-bond acceptors (Lipinski definition) is 6. The molecule has 1 atom stereocenters. The number of rotatable bonds is 6. The van der Waals surface area contributed by atoms with E-state index in [2.05, 4.69) is 10.2 Å². The predicted molar refractivity (Wildman–Crippen MR) is 73.3 cm³/mol. The van der Waals surface area contributed by atoms with E-state index >= 15 is 0 Å². The first kappa shape index (κ1) is 14.5. The van der Waals surface area contributed by atoms with Crippen molar-refractivity contribution in [2.45, 2.75) is 24.0 Å². The van der Waals surface area contributed by atoms with Crippen molar-refractivity contribution in [1.29, 1.82) is 0 Å². The third-order valence-electron chi connectivity index (χ3n) is 2.68. The standard InChI is InChI=1S/C13H16N2O4S/c1-4-11-14-15-12(19-11)8-20(16)13-9(17-2)6-5-7-10(13)18-3/h5-7H,4,8H2,1-3H3. The van der Waals surface area contributed by atoms with Gasteiger partial charge in [-0.25, -0.2) is 0 Å². The van der Waals surface area contributed by atoms with Crippen LogP contribution in [-0.2, 0) is 23.0 Å². The molecular formula is C13H16N2O4S. The highest BCUT2D eigenvalue weighted by Crippen LogP contribution is 2.32. The lowest BCUT2D eigenvalue weighted by Crippen LogP contribution is -2.02. The Bertz CT molecular complexity index is 590. The van der Waals surface area contributed by atoms with E-state index in [9.17, 15) is 4.21 Å². The number of hydrogen-bond donors (Lipinski definition) is 0. The normalized spacial score (nSPS) is 12.2. The summed E-state index contributed by atoms with van der Waals surface area (Å²) in [4.78, 5) is 0.494. The maximum Gasteiger partial charge on any atom is 0.229 e.